The second-order valence-electron chi connectivity index (χ2n) is 10.3. The summed E-state index contributed by atoms with van der Waals surface area (Å²) in [5.41, 5.74) is 1.58. The number of nitrogens with one attached hydrogen (secondary N) is 2. The van der Waals surface area contributed by atoms with Crippen LogP contribution in [0.2, 0.25) is 0 Å². The average Bonchev–Trinajstić information content (AvgIpc) is 3.53. The zero-order valence-electron chi connectivity index (χ0n) is 26.1. The van der Waals surface area contributed by atoms with Gasteiger partial charge in [-0.1, -0.05) is 36.9 Å². The van der Waals surface area contributed by atoms with Crippen molar-refractivity contribution in [3.8, 4) is 28.7 Å². The molecule has 0 saturated heterocycles. The number of hydrogen-bond donors (Lipinski definition) is 2. The molecule has 242 valence electrons. The van der Waals surface area contributed by atoms with Crippen molar-refractivity contribution in [2.75, 3.05) is 40.0 Å². The van der Waals surface area contributed by atoms with Crippen molar-refractivity contribution < 1.29 is 33.3 Å². The van der Waals surface area contributed by atoms with Crippen molar-refractivity contribution >= 4 is 40.2 Å². The summed E-state index contributed by atoms with van der Waals surface area (Å²) in [4.78, 5) is 44.9. The number of hydrogen-bond acceptors (Lipinski definition) is 10. The number of carbonyl (C=O) groups excluding carboxylic acids is 2. The molecule has 2 heterocycles. The number of carbonyl (C=O) groups is 2. The molecule has 12 nitrogen and oxygen atoms in total. The van der Waals surface area contributed by atoms with E-state index in [0.717, 1.165) is 17.3 Å². The first kappa shape index (κ1) is 32.5. The number of aromatic nitrogens is 2. The fraction of sp³-hybridized carbons (Fsp3) is 0.333. The largest absolute Gasteiger partial charge is 0.495 e. The van der Waals surface area contributed by atoms with Gasteiger partial charge < -0.3 is 34.3 Å². The zero-order chi connectivity index (χ0) is 32.6. The van der Waals surface area contributed by atoms with Crippen LogP contribution in [0.3, 0.4) is 0 Å². The molecule has 1 unspecified atom stereocenters. The Hall–Kier alpha value is -4.91. The molecule has 1 aromatic heterocycles. The molecule has 5 rings (SSSR count). The van der Waals surface area contributed by atoms with Crippen molar-refractivity contribution in [1.82, 2.24) is 14.9 Å². The molecule has 2 N–H and O–H groups in total. The summed E-state index contributed by atoms with van der Waals surface area (Å²) >= 11 is 1.16. The number of ether oxygens (including phenoxy) is 5. The highest BCUT2D eigenvalue weighted by Gasteiger charge is 2.25. The molecule has 2 amide bonds. The quantitative estimate of drug-likeness (QED) is 0.149. The molecule has 0 aliphatic carbocycles. The summed E-state index contributed by atoms with van der Waals surface area (Å²) in [7, 11) is 4.68. The monoisotopic (exact) mass is 648 g/mol. The normalized spacial score (nSPS) is 12.4. The van der Waals surface area contributed by atoms with Crippen molar-refractivity contribution in [3.63, 3.8) is 0 Å². The Labute approximate surface area is 270 Å². The number of methoxy groups -OCH3 is 3. The van der Waals surface area contributed by atoms with E-state index in [0.29, 0.717) is 69.9 Å². The average molecular weight is 649 g/mol. The summed E-state index contributed by atoms with van der Waals surface area (Å²) in [6.07, 6.45) is 1.07. The van der Waals surface area contributed by atoms with Gasteiger partial charge in [0, 0.05) is 25.6 Å². The van der Waals surface area contributed by atoms with E-state index < -0.39 is 5.25 Å². The molecule has 0 radical (unpaired) electrons. The SMILES string of the molecule is CCC(Sc1nc2cc3c(cc2c(=O)n1CCC(=O)NCCc1ccc(OC)c(OC)c1)OCO3)C(=O)Nc1ccccc1OC. The number of fused-ring (bicyclic) bond motifs is 2. The van der Waals surface area contributed by atoms with Crippen LogP contribution in [0, 0.1) is 0 Å². The van der Waals surface area contributed by atoms with Crippen LogP contribution in [-0.2, 0) is 22.6 Å². The van der Waals surface area contributed by atoms with E-state index in [1.54, 1.807) is 44.6 Å². The standard InChI is InChI=1S/C33H36N4O8S/c1-5-29(31(39)35-22-8-6-7-9-24(22)41-2)46-33-36-23-18-28-27(44-19-45-28)17-21(23)32(40)37(33)15-13-30(38)34-14-12-20-10-11-25(42-3)26(16-20)43-4/h6-11,16-18,29H,5,12-15,19H2,1-4H3,(H,34,38)(H,35,39). The van der Waals surface area contributed by atoms with Gasteiger partial charge in [0.05, 0.1) is 43.2 Å². The Morgan fingerprint density at radius 2 is 1.72 bits per heavy atom. The maximum absolute atomic E-state index is 13.8. The third-order valence-corrected chi connectivity index (χ3v) is 8.79. The van der Waals surface area contributed by atoms with Gasteiger partial charge in [-0.25, -0.2) is 4.98 Å². The Balaban J connectivity index is 1.34. The molecule has 1 aliphatic heterocycles. The molecule has 1 atom stereocenters. The van der Waals surface area contributed by atoms with E-state index >= 15 is 0 Å². The summed E-state index contributed by atoms with van der Waals surface area (Å²) < 4.78 is 28.4. The van der Waals surface area contributed by atoms with Crippen molar-refractivity contribution in [3.05, 3.63) is 70.5 Å². The van der Waals surface area contributed by atoms with Crippen LogP contribution in [0.1, 0.15) is 25.3 Å². The fourth-order valence-corrected chi connectivity index (χ4v) is 6.01. The van der Waals surface area contributed by atoms with Crippen LogP contribution in [-0.4, -0.2) is 61.3 Å². The maximum Gasteiger partial charge on any atom is 0.262 e. The number of anilines is 1. The Kier molecular flexibility index (Phi) is 10.5. The number of amides is 2. The highest BCUT2D eigenvalue weighted by molar-refractivity contribution is 8.00. The van der Waals surface area contributed by atoms with E-state index in [1.165, 1.54) is 11.7 Å². The first-order valence-corrected chi connectivity index (χ1v) is 15.6. The Bertz CT molecular complexity index is 1790. The summed E-state index contributed by atoms with van der Waals surface area (Å²) in [6, 6.07) is 16.0. The fourth-order valence-electron chi connectivity index (χ4n) is 4.97. The summed E-state index contributed by atoms with van der Waals surface area (Å²) in [5.74, 6) is 2.22. The van der Waals surface area contributed by atoms with E-state index in [-0.39, 0.29) is 37.1 Å². The van der Waals surface area contributed by atoms with Gasteiger partial charge in [-0.05, 0) is 48.7 Å². The number of benzene rings is 3. The molecule has 13 heteroatoms. The lowest BCUT2D eigenvalue weighted by molar-refractivity contribution is -0.121. The highest BCUT2D eigenvalue weighted by atomic mass is 32.2. The van der Waals surface area contributed by atoms with Gasteiger partial charge in [0.2, 0.25) is 18.6 Å². The lowest BCUT2D eigenvalue weighted by Gasteiger charge is -2.19. The van der Waals surface area contributed by atoms with Crippen molar-refractivity contribution in [2.24, 2.45) is 0 Å². The van der Waals surface area contributed by atoms with Crippen LogP contribution < -0.4 is 39.9 Å². The van der Waals surface area contributed by atoms with E-state index in [4.69, 9.17) is 28.7 Å². The molecule has 0 bridgehead atoms. The third-order valence-electron chi connectivity index (χ3n) is 7.44. The molecule has 0 saturated carbocycles. The first-order valence-electron chi connectivity index (χ1n) is 14.8. The summed E-state index contributed by atoms with van der Waals surface area (Å²) in [5, 5.41) is 5.89. The topological polar surface area (TPSA) is 139 Å². The Morgan fingerprint density at radius 3 is 2.46 bits per heavy atom. The van der Waals surface area contributed by atoms with Crippen LogP contribution in [0.4, 0.5) is 5.69 Å². The molecule has 1 aliphatic rings. The lowest BCUT2D eigenvalue weighted by atomic mass is 10.1. The minimum absolute atomic E-state index is 0.0291. The number of para-hydroxylation sites is 2. The van der Waals surface area contributed by atoms with Gasteiger partial charge in [0.25, 0.3) is 5.56 Å². The van der Waals surface area contributed by atoms with Crippen LogP contribution in [0.5, 0.6) is 28.7 Å². The maximum atomic E-state index is 13.8. The highest BCUT2D eigenvalue weighted by Crippen LogP contribution is 2.36. The smallest absolute Gasteiger partial charge is 0.262 e. The van der Waals surface area contributed by atoms with Crippen molar-refractivity contribution in [1.29, 1.82) is 0 Å². The minimum atomic E-state index is -0.593. The lowest BCUT2D eigenvalue weighted by Crippen LogP contribution is -2.31. The van der Waals surface area contributed by atoms with Gasteiger partial charge in [0.1, 0.15) is 5.75 Å². The number of rotatable bonds is 14. The van der Waals surface area contributed by atoms with Gasteiger partial charge in [-0.15, -0.1) is 0 Å². The molecule has 3 aromatic carbocycles. The second-order valence-corrected chi connectivity index (χ2v) is 11.5. The number of nitrogens with zero attached hydrogens (tertiary/aromatic N) is 2. The van der Waals surface area contributed by atoms with Crippen molar-refractivity contribution in [2.45, 2.75) is 43.1 Å². The van der Waals surface area contributed by atoms with E-state index in [2.05, 4.69) is 10.6 Å². The minimum Gasteiger partial charge on any atom is -0.495 e. The third kappa shape index (κ3) is 7.31. The van der Waals surface area contributed by atoms with Crippen LogP contribution in [0.15, 0.2) is 64.5 Å². The Morgan fingerprint density at radius 1 is 0.978 bits per heavy atom. The van der Waals surface area contributed by atoms with Gasteiger partial charge >= 0.3 is 0 Å². The molecular formula is C33H36N4O8S. The van der Waals surface area contributed by atoms with Crippen LogP contribution >= 0.6 is 11.8 Å². The molecular weight excluding hydrogens is 612 g/mol. The van der Waals surface area contributed by atoms with Gasteiger partial charge in [0.15, 0.2) is 28.2 Å². The molecule has 46 heavy (non-hydrogen) atoms. The zero-order valence-corrected chi connectivity index (χ0v) is 26.9. The van der Waals surface area contributed by atoms with E-state index in [1.807, 2.05) is 31.2 Å². The van der Waals surface area contributed by atoms with E-state index in [9.17, 15) is 14.4 Å². The summed E-state index contributed by atoms with van der Waals surface area (Å²) in [6.45, 7) is 2.38. The second kappa shape index (κ2) is 14.9. The van der Waals surface area contributed by atoms with Gasteiger partial charge in [-0.3, -0.25) is 19.0 Å². The molecule has 4 aromatic rings. The van der Waals surface area contributed by atoms with Crippen LogP contribution in [0.25, 0.3) is 10.9 Å². The molecule has 0 spiro atoms. The number of thioether (sulfide) groups is 1. The molecule has 0 fully saturated rings. The first-order chi connectivity index (χ1) is 22.3. The predicted octanol–water partition coefficient (Wildman–Crippen LogP) is 4.41. The predicted molar refractivity (Wildman–Crippen MR) is 175 cm³/mol. The van der Waals surface area contributed by atoms with Gasteiger partial charge in [-0.2, -0.15) is 0 Å².